The molecule has 0 unspecified atom stereocenters. The van der Waals surface area contributed by atoms with E-state index >= 15 is 0 Å². The summed E-state index contributed by atoms with van der Waals surface area (Å²) in [5.74, 6) is 2.31. The zero-order valence-electron chi connectivity index (χ0n) is 17.2. The summed E-state index contributed by atoms with van der Waals surface area (Å²) in [5, 5.41) is 13.5. The van der Waals surface area contributed by atoms with E-state index in [9.17, 15) is 4.39 Å². The van der Waals surface area contributed by atoms with Crippen LogP contribution >= 0.6 is 11.8 Å². The maximum Gasteiger partial charge on any atom is 0.226 e. The molecule has 0 bridgehead atoms. The van der Waals surface area contributed by atoms with Gasteiger partial charge in [-0.1, -0.05) is 65.5 Å². The molecule has 0 atom stereocenters. The Morgan fingerprint density at radius 2 is 1.97 bits per heavy atom. The number of rotatable bonds is 9. The number of halogens is 1. The van der Waals surface area contributed by atoms with Crippen molar-refractivity contribution in [2.24, 2.45) is 0 Å². The highest BCUT2D eigenvalue weighted by molar-refractivity contribution is 7.99. The smallest absolute Gasteiger partial charge is 0.226 e. The predicted molar refractivity (Wildman–Crippen MR) is 119 cm³/mol. The number of aryl methyl sites for hydroxylation is 2. The minimum Gasteiger partial charge on any atom is -0.339 e. The number of nitrogens with zero attached hydrogens (tertiary/aromatic N) is 5. The lowest BCUT2D eigenvalue weighted by Crippen LogP contribution is -2.01. The van der Waals surface area contributed by atoms with Crippen molar-refractivity contribution in [1.29, 1.82) is 0 Å². The molecule has 0 spiro atoms. The van der Waals surface area contributed by atoms with E-state index in [1.165, 1.54) is 6.07 Å². The normalized spacial score (nSPS) is 11.0. The lowest BCUT2D eigenvalue weighted by atomic mass is 10.1. The summed E-state index contributed by atoms with van der Waals surface area (Å²) in [6, 6.07) is 14.9. The van der Waals surface area contributed by atoms with Crippen LogP contribution in [0.4, 0.5) is 4.39 Å². The molecule has 0 N–H and O–H groups in total. The van der Waals surface area contributed by atoms with Crippen LogP contribution in [0.25, 0.3) is 22.8 Å². The fourth-order valence-electron chi connectivity index (χ4n) is 3.08. The molecule has 4 aromatic rings. The molecule has 0 saturated carbocycles. The number of benzene rings is 2. The summed E-state index contributed by atoms with van der Waals surface area (Å²) in [6.45, 7) is 6.21. The highest BCUT2D eigenvalue weighted by atomic mass is 32.2. The van der Waals surface area contributed by atoms with Crippen molar-refractivity contribution in [3.63, 3.8) is 0 Å². The molecule has 4 rings (SSSR count). The Kier molecular flexibility index (Phi) is 6.57. The Labute approximate surface area is 184 Å². The van der Waals surface area contributed by atoms with Gasteiger partial charge in [0.1, 0.15) is 5.82 Å². The lowest BCUT2D eigenvalue weighted by Gasteiger charge is -2.07. The molecule has 0 aliphatic carbocycles. The molecule has 0 radical (unpaired) electrons. The van der Waals surface area contributed by atoms with E-state index < -0.39 is 0 Å². The van der Waals surface area contributed by atoms with Crippen LogP contribution in [0.15, 0.2) is 70.9 Å². The summed E-state index contributed by atoms with van der Waals surface area (Å²) in [4.78, 5) is 4.39. The van der Waals surface area contributed by atoms with Crippen molar-refractivity contribution in [1.82, 2.24) is 24.9 Å². The molecule has 2 aromatic heterocycles. The van der Waals surface area contributed by atoms with Crippen LogP contribution in [0.3, 0.4) is 0 Å². The van der Waals surface area contributed by atoms with E-state index in [0.717, 1.165) is 28.7 Å². The summed E-state index contributed by atoms with van der Waals surface area (Å²) < 4.78 is 21.2. The minimum absolute atomic E-state index is 0.279. The van der Waals surface area contributed by atoms with Crippen LogP contribution < -0.4 is 0 Å². The molecule has 0 aliphatic rings. The molecule has 8 heteroatoms. The molecule has 2 heterocycles. The Balaban J connectivity index is 1.36. The molecular formula is C23H22FN5OS. The third-order valence-electron chi connectivity index (χ3n) is 4.72. The van der Waals surface area contributed by atoms with Gasteiger partial charge in [0.15, 0.2) is 11.0 Å². The van der Waals surface area contributed by atoms with Crippen LogP contribution in [0.5, 0.6) is 0 Å². The maximum absolute atomic E-state index is 13.8. The van der Waals surface area contributed by atoms with Gasteiger partial charge in [0.25, 0.3) is 0 Å². The van der Waals surface area contributed by atoms with Crippen LogP contribution in [0, 0.1) is 12.7 Å². The van der Waals surface area contributed by atoms with Crippen LogP contribution in [0.2, 0.25) is 0 Å². The molecule has 31 heavy (non-hydrogen) atoms. The molecular weight excluding hydrogens is 413 g/mol. The second-order valence-corrected chi connectivity index (χ2v) is 8.06. The maximum atomic E-state index is 13.8. The van der Waals surface area contributed by atoms with Crippen molar-refractivity contribution < 1.29 is 8.91 Å². The van der Waals surface area contributed by atoms with Crippen molar-refractivity contribution in [3.05, 3.63) is 78.5 Å². The quantitative estimate of drug-likeness (QED) is 0.200. The molecule has 0 amide bonds. The number of thioether (sulfide) groups is 1. The average Bonchev–Trinajstić information content (AvgIpc) is 3.42. The van der Waals surface area contributed by atoms with Gasteiger partial charge in [0.05, 0.1) is 0 Å². The van der Waals surface area contributed by atoms with Gasteiger partial charge in [-0.05, 0) is 25.0 Å². The number of hydrogen-bond donors (Lipinski definition) is 0. The van der Waals surface area contributed by atoms with Crippen molar-refractivity contribution in [2.45, 2.75) is 31.5 Å². The number of aromatic nitrogens is 5. The second kappa shape index (κ2) is 9.70. The van der Waals surface area contributed by atoms with Gasteiger partial charge in [-0.25, -0.2) is 4.39 Å². The van der Waals surface area contributed by atoms with E-state index in [-0.39, 0.29) is 5.82 Å². The average molecular weight is 436 g/mol. The molecule has 0 saturated heterocycles. The van der Waals surface area contributed by atoms with Gasteiger partial charge in [-0.2, -0.15) is 4.98 Å². The molecule has 158 valence electrons. The van der Waals surface area contributed by atoms with Gasteiger partial charge in [0.2, 0.25) is 11.7 Å². The molecule has 0 fully saturated rings. The Morgan fingerprint density at radius 3 is 2.74 bits per heavy atom. The fraction of sp³-hybridized carbons (Fsp3) is 0.217. The Bertz CT molecular complexity index is 1170. The fourth-order valence-corrected chi connectivity index (χ4v) is 3.97. The highest BCUT2D eigenvalue weighted by Crippen LogP contribution is 2.25. The first-order valence-corrected chi connectivity index (χ1v) is 11.0. The van der Waals surface area contributed by atoms with Gasteiger partial charge in [-0.15, -0.1) is 16.8 Å². The van der Waals surface area contributed by atoms with Crippen LogP contribution in [-0.2, 0) is 13.0 Å². The zero-order chi connectivity index (χ0) is 21.6. The standard InChI is InChI=1S/C23H22FN5OS/c1-3-13-29-22(17-8-5-4-6-9-17)26-27-23(29)31-14-7-10-20-25-21(28-30-20)18-12-11-16(2)19(24)15-18/h3-6,8-9,11-12,15H,1,7,10,13-14H2,2H3. The highest BCUT2D eigenvalue weighted by Gasteiger charge is 2.14. The van der Waals surface area contributed by atoms with E-state index in [1.807, 2.05) is 36.4 Å². The minimum atomic E-state index is -0.279. The van der Waals surface area contributed by atoms with Gasteiger partial charge < -0.3 is 4.52 Å². The zero-order valence-corrected chi connectivity index (χ0v) is 18.0. The Hall–Kier alpha value is -3.26. The summed E-state index contributed by atoms with van der Waals surface area (Å²) >= 11 is 1.63. The van der Waals surface area contributed by atoms with Crippen molar-refractivity contribution in [2.75, 3.05) is 5.75 Å². The lowest BCUT2D eigenvalue weighted by molar-refractivity contribution is 0.378. The van der Waals surface area contributed by atoms with Gasteiger partial charge in [0, 0.05) is 29.8 Å². The summed E-state index contributed by atoms with van der Waals surface area (Å²) in [6.07, 6.45) is 3.30. The predicted octanol–water partition coefficient (Wildman–Crippen LogP) is 5.35. The van der Waals surface area contributed by atoms with E-state index in [1.54, 1.807) is 30.8 Å². The van der Waals surface area contributed by atoms with Gasteiger partial charge >= 0.3 is 0 Å². The largest absolute Gasteiger partial charge is 0.339 e. The summed E-state index contributed by atoms with van der Waals surface area (Å²) in [7, 11) is 0. The third-order valence-corrected chi connectivity index (χ3v) is 5.78. The van der Waals surface area contributed by atoms with Crippen molar-refractivity contribution >= 4 is 11.8 Å². The first-order chi connectivity index (χ1) is 15.2. The SMILES string of the molecule is C=CCn1c(SCCCc2nc(-c3ccc(C)c(F)c3)no2)nnc1-c1ccccc1. The molecule has 6 nitrogen and oxygen atoms in total. The first kappa shape index (κ1) is 21.0. The van der Waals surface area contributed by atoms with Crippen LogP contribution in [0.1, 0.15) is 17.9 Å². The van der Waals surface area contributed by atoms with E-state index in [0.29, 0.717) is 35.8 Å². The van der Waals surface area contributed by atoms with E-state index in [4.69, 9.17) is 4.52 Å². The monoisotopic (exact) mass is 435 g/mol. The molecule has 2 aromatic carbocycles. The Morgan fingerprint density at radius 1 is 1.13 bits per heavy atom. The van der Waals surface area contributed by atoms with Gasteiger partial charge in [-0.3, -0.25) is 4.57 Å². The second-order valence-electron chi connectivity index (χ2n) is 7.00. The summed E-state index contributed by atoms with van der Waals surface area (Å²) in [5.41, 5.74) is 2.22. The third kappa shape index (κ3) is 4.91. The first-order valence-electron chi connectivity index (χ1n) is 9.97. The van der Waals surface area contributed by atoms with Crippen LogP contribution in [-0.4, -0.2) is 30.7 Å². The van der Waals surface area contributed by atoms with E-state index in [2.05, 4.69) is 31.5 Å². The number of allylic oxidation sites excluding steroid dienone is 1. The topological polar surface area (TPSA) is 69.6 Å². The number of hydrogen-bond acceptors (Lipinski definition) is 6. The van der Waals surface area contributed by atoms with Crippen molar-refractivity contribution in [3.8, 4) is 22.8 Å². The molecule has 0 aliphatic heterocycles.